The fourth-order valence-electron chi connectivity index (χ4n) is 16.0. The molecule has 0 radical (unpaired) electrons. The van der Waals surface area contributed by atoms with Crippen LogP contribution in [0.5, 0.6) is 11.5 Å². The number of unbranched alkanes of at least 4 members (excludes halogenated alkanes) is 1. The van der Waals surface area contributed by atoms with Crippen molar-refractivity contribution in [1.29, 1.82) is 0 Å². The molecule has 6 aromatic rings. The van der Waals surface area contributed by atoms with E-state index in [-0.39, 0.29) is 83.4 Å². The van der Waals surface area contributed by atoms with Gasteiger partial charge in [-0.2, -0.15) is 0 Å². The number of aliphatic hydroxyl groups is 2. The SMILES string of the molecule is C.CCCC[C@H]1C(=O)N(C)[C@@H](COc2cccc(C)c2)C(=O)N[C@@H](CCN)C(=O)N[C@H](C(=O)NCC(N)=O)CSCC(=O)N[C@@H](Cc2ccc(O)cc2)C(=O)N(C)[C@@H](C)C(=O)N[C@@H](CC(=O)O)C(=O)N2CCC[C@H]2C(=O)N[C@@H](CN)C(=O)N[C@@H](CCC(=O)O)C(=O)N2C[C@H](O)C[C@H]2C(=O)N[C@@H](Cc2c[nH]c3ccccc23)C(=O)N[C@@H](CO)C(=O)N[C@@H](Cc2c[nH]c3ccccc23)C(=O)N1C. The van der Waals surface area contributed by atoms with Gasteiger partial charge in [0.2, 0.25) is 94.5 Å². The van der Waals surface area contributed by atoms with Gasteiger partial charge in [0.25, 0.3) is 0 Å². The molecule has 4 aromatic carbocycles. The van der Waals surface area contributed by atoms with Crippen LogP contribution in [0.2, 0.25) is 0 Å². The fraction of sp³-hybridized carbons (Fsp3) is 0.489. The van der Waals surface area contributed by atoms with E-state index in [0.717, 1.165) is 48.9 Å². The molecule has 0 bridgehead atoms. The number of likely N-dealkylation sites (N-methyl/N-ethyl adjacent to an activating group) is 3. The Kier molecular flexibility index (Phi) is 39.7. The Morgan fingerprint density at radius 1 is 0.563 bits per heavy atom. The third kappa shape index (κ3) is 29.1. The third-order valence-corrected chi connectivity index (χ3v) is 24.6. The maximum Gasteiger partial charge on any atom is 0.305 e. The first-order chi connectivity index (χ1) is 63.8. The van der Waals surface area contributed by atoms with Crippen molar-refractivity contribution in [3.8, 4) is 11.5 Å². The summed E-state index contributed by atoms with van der Waals surface area (Å²) in [5.41, 5.74) is 20.8. The van der Waals surface area contributed by atoms with Crippen LogP contribution in [0, 0.1) is 6.92 Å². The quantitative estimate of drug-likeness (QED) is 0.0278. The highest BCUT2D eigenvalue weighted by Crippen LogP contribution is 2.28. The summed E-state index contributed by atoms with van der Waals surface area (Å²) in [4.78, 5) is 271. The zero-order valence-electron chi connectivity index (χ0n) is 75.0. The van der Waals surface area contributed by atoms with E-state index < -0.39 is 267 Å². The molecule has 3 fully saturated rings. The number of para-hydroxylation sites is 2. The maximum absolute atomic E-state index is 15.8. The van der Waals surface area contributed by atoms with E-state index in [4.69, 9.17) is 21.9 Å². The first kappa shape index (κ1) is 107. The number of aliphatic carboxylic acids is 2. The molecule has 732 valence electrons. The number of carbonyl (C=O) groups excluding carboxylic acids is 16. The van der Waals surface area contributed by atoms with Gasteiger partial charge in [-0.05, 0) is 111 Å². The van der Waals surface area contributed by atoms with Crippen LogP contribution in [0.25, 0.3) is 21.8 Å². The summed E-state index contributed by atoms with van der Waals surface area (Å²) in [7, 11) is 3.70. The maximum atomic E-state index is 15.8. The number of ether oxygens (including phenoxy) is 1. The van der Waals surface area contributed by atoms with Crippen molar-refractivity contribution in [3.63, 3.8) is 0 Å². The Morgan fingerprint density at radius 2 is 1.12 bits per heavy atom. The molecule has 3 saturated heterocycles. The molecular weight excluding hydrogens is 1780 g/mol. The lowest BCUT2D eigenvalue weighted by atomic mass is 10.0. The molecule has 5 heterocycles. The van der Waals surface area contributed by atoms with E-state index in [1.165, 1.54) is 51.5 Å². The van der Waals surface area contributed by atoms with Crippen molar-refractivity contribution < 1.29 is 117 Å². The highest BCUT2D eigenvalue weighted by atomic mass is 32.2. The number of aryl methyl sites for hydroxylation is 1. The van der Waals surface area contributed by atoms with Gasteiger partial charge in [0, 0.05) is 113 Å². The van der Waals surface area contributed by atoms with Gasteiger partial charge in [-0.3, -0.25) is 86.3 Å². The van der Waals surface area contributed by atoms with Crippen molar-refractivity contribution in [1.82, 2.24) is 87.6 Å². The van der Waals surface area contributed by atoms with Crippen molar-refractivity contribution >= 4 is 140 Å². The van der Waals surface area contributed by atoms with Crippen molar-refractivity contribution in [3.05, 3.63) is 132 Å². The molecule has 3 aliphatic heterocycles. The largest absolute Gasteiger partial charge is 0.508 e. The third-order valence-electron chi connectivity index (χ3n) is 23.5. The average molecular weight is 1900 g/mol. The molecule has 135 heavy (non-hydrogen) atoms. The number of aromatic amines is 2. The number of amides is 16. The van der Waals surface area contributed by atoms with Crippen molar-refractivity contribution in [2.24, 2.45) is 17.2 Å². The molecular formula is C90H122N20O24S. The van der Waals surface area contributed by atoms with Crippen molar-refractivity contribution in [2.75, 3.05) is 78.6 Å². The molecule has 2 aromatic heterocycles. The number of aromatic hydroxyl groups is 1. The molecule has 16 amide bonds. The highest BCUT2D eigenvalue weighted by molar-refractivity contribution is 8.00. The number of aromatic nitrogens is 2. The molecule has 0 unspecified atom stereocenters. The monoisotopic (exact) mass is 1900 g/mol. The second-order valence-electron chi connectivity index (χ2n) is 33.2. The summed E-state index contributed by atoms with van der Waals surface area (Å²) in [5, 5.41) is 79.2. The smallest absolute Gasteiger partial charge is 0.305 e. The summed E-state index contributed by atoms with van der Waals surface area (Å²) in [6.07, 6.45) is -2.19. The van der Waals surface area contributed by atoms with Crippen LogP contribution in [0.3, 0.4) is 0 Å². The number of fused-ring (bicyclic) bond motifs is 4. The number of primary amides is 1. The zero-order chi connectivity index (χ0) is 97.9. The Balaban J connectivity index is 0.0000224. The molecule has 3 aliphatic rings. The first-order valence-electron chi connectivity index (χ1n) is 43.8. The number of nitrogens with zero attached hydrogens (tertiary/aromatic N) is 5. The fourth-order valence-corrected chi connectivity index (χ4v) is 16.8. The second-order valence-corrected chi connectivity index (χ2v) is 34.3. The minimum atomic E-state index is -1.96. The Labute approximate surface area is 781 Å². The minimum Gasteiger partial charge on any atom is -0.508 e. The number of nitrogens with one attached hydrogen (secondary N) is 12. The summed E-state index contributed by atoms with van der Waals surface area (Å²) in [5.74, 6) is -20.8. The summed E-state index contributed by atoms with van der Waals surface area (Å²) >= 11 is 0.724. The number of phenols is 1. The number of carboxylic acid groups (broad SMARTS) is 2. The summed E-state index contributed by atoms with van der Waals surface area (Å²) < 4.78 is 6.22. The molecule has 0 aliphatic carbocycles. The van der Waals surface area contributed by atoms with Gasteiger partial charge < -0.3 is 135 Å². The van der Waals surface area contributed by atoms with E-state index in [1.54, 1.807) is 85.9 Å². The van der Waals surface area contributed by atoms with Crippen LogP contribution < -0.4 is 75.1 Å². The molecule has 23 N–H and O–H groups in total. The van der Waals surface area contributed by atoms with E-state index in [1.807, 2.05) is 6.92 Å². The lowest BCUT2D eigenvalue weighted by Gasteiger charge is -2.36. The second kappa shape index (κ2) is 50.3. The van der Waals surface area contributed by atoms with Gasteiger partial charge in [0.15, 0.2) is 0 Å². The highest BCUT2D eigenvalue weighted by Gasteiger charge is 2.47. The topological polar surface area (TPSA) is 664 Å². The standard InChI is InChI=1S/C89H118N20O24S.CH4/c1-7-8-21-69-89(132)107(6)71(44-133-54-16-13-15-47(2)32-54)84(127)97-59(29-30-90)78(121)104-67(77(120)95-41-72(92)113)45-134-46-73(114)96-62(33-49-23-25-52(111)26-24-49)85(128)105(4)48(3)76(119)100-64(37-75(117)118)88(131)108-31-14-22-68(108)82(125)102-65(38-91)80(123)98-60(27-28-74(115)116)87(130)109-42-53(112)36-70(109)83(126)99-61(34-50-39-93-57-19-11-9-17-55(50)57)79(122)103-66(43-110)81(124)101-63(86(129)106(69)5)35-51-40-94-58-20-12-10-18-56(51)58;/h9-13,15-20,23-26,32,39-40,48,53,59-71,93-94,110-112H,7-8,14,21-22,27-31,33-38,41-46,90-91H2,1-6H3,(H2,92,113)(H,95,120)(H,96,114)(H,97,127)(H,98,123)(H,99,126)(H,100,119)(H,101,124)(H,102,125)(H,103,122)(H,104,121)(H,115,116)(H,117,118);1H4/t48-,53+,59-,60-,61-,62-,63-,64-,65-,66-,67-,68-,69-,70-,71-;/m0./s1. The molecule has 44 nitrogen and oxygen atoms in total. The molecule has 45 heteroatoms. The lowest BCUT2D eigenvalue weighted by Crippen LogP contribution is -2.62. The average Bonchev–Trinajstić information content (AvgIpc) is 1.80. The number of rotatable bonds is 24. The molecule has 9 rings (SSSR count). The number of benzene rings is 4. The molecule has 15 atom stereocenters. The number of phenolic OH excluding ortho intramolecular Hbond substituents is 1. The van der Waals surface area contributed by atoms with E-state index in [2.05, 4.69) is 63.1 Å². The van der Waals surface area contributed by atoms with Crippen LogP contribution in [0.4, 0.5) is 0 Å². The molecule has 0 saturated carbocycles. The van der Waals surface area contributed by atoms with Crippen LogP contribution in [-0.2, 0) is 106 Å². The van der Waals surface area contributed by atoms with Gasteiger partial charge in [0.1, 0.15) is 103 Å². The van der Waals surface area contributed by atoms with Crippen molar-refractivity contribution in [2.45, 2.75) is 202 Å². The van der Waals surface area contributed by atoms with E-state index >= 15 is 33.6 Å². The number of thioether (sulfide) groups is 1. The van der Waals surface area contributed by atoms with Crippen LogP contribution in [0.15, 0.2) is 109 Å². The van der Waals surface area contributed by atoms with Crippen LogP contribution in [-0.4, -0.2) is 336 Å². The van der Waals surface area contributed by atoms with E-state index in [0.29, 0.717) is 44.9 Å². The number of hydrogen-bond acceptors (Lipinski definition) is 25. The number of carbonyl (C=O) groups is 18. The Bertz CT molecular complexity index is 5270. The van der Waals surface area contributed by atoms with Gasteiger partial charge in [-0.15, -0.1) is 11.8 Å². The predicted octanol–water partition coefficient (Wildman–Crippen LogP) is -3.60. The zero-order valence-corrected chi connectivity index (χ0v) is 75.8. The van der Waals surface area contributed by atoms with Gasteiger partial charge in [-0.1, -0.05) is 87.9 Å². The van der Waals surface area contributed by atoms with Gasteiger partial charge in [-0.25, -0.2) is 0 Å². The number of nitrogens with two attached hydrogens (primary N) is 3. The first-order valence-corrected chi connectivity index (χ1v) is 45.0. The van der Waals surface area contributed by atoms with Gasteiger partial charge in [0.05, 0.1) is 31.4 Å². The van der Waals surface area contributed by atoms with Crippen LogP contribution in [0.1, 0.15) is 108 Å². The number of carboxylic acids is 2. The number of H-pyrrole nitrogens is 2. The summed E-state index contributed by atoms with van der Waals surface area (Å²) in [6.45, 7) is 0.401. The Morgan fingerprint density at radius 3 is 1.73 bits per heavy atom. The van der Waals surface area contributed by atoms with Crippen LogP contribution >= 0.6 is 11.8 Å². The predicted molar refractivity (Wildman–Crippen MR) is 491 cm³/mol. The minimum absolute atomic E-state index is 0. The number of hydrogen-bond donors (Lipinski definition) is 20. The lowest BCUT2D eigenvalue weighted by molar-refractivity contribution is -0.150. The Hall–Kier alpha value is -13.8. The normalized spacial score (nSPS) is 24.6. The summed E-state index contributed by atoms with van der Waals surface area (Å²) in [6, 6.07) is 2.11. The molecule has 0 spiro atoms. The van der Waals surface area contributed by atoms with Gasteiger partial charge >= 0.3 is 11.9 Å². The number of aliphatic hydroxyl groups excluding tert-OH is 2. The van der Waals surface area contributed by atoms with E-state index in [9.17, 15) is 78.3 Å².